The first-order chi connectivity index (χ1) is 24.5. The highest BCUT2D eigenvalue weighted by molar-refractivity contribution is 6.33. The van der Waals surface area contributed by atoms with Gasteiger partial charge in [-0.25, -0.2) is 9.59 Å². The Hall–Kier alpha value is -4.34. The smallest absolute Gasteiger partial charge is 0.418 e. The van der Waals surface area contributed by atoms with Crippen LogP contribution in [0.2, 0.25) is 5.02 Å². The standard InChI is InChI=1S/C35H40ClF3N8O4/c36-26-18-21(17-25(30(26)40)35(37,38)39)19-29(32(48)45-11-5-22(6-12-45)44-15-9-41-10-16-44)51-34(50)46-13-7-23(8-14-46)47-28-20-42-27-4-2-1-3-24(27)31(28)43-33(47)49/h1-4,17-18,20,22-23,29,41H,5-16,19,40H2,(H,43,49)/t29-/m1/s1. The minimum absolute atomic E-state index is 0.0712. The number of nitrogens with zero attached hydrogens (tertiary/aromatic N) is 5. The number of amides is 2. The van der Waals surface area contributed by atoms with E-state index < -0.39 is 35.5 Å². The molecule has 51 heavy (non-hydrogen) atoms. The van der Waals surface area contributed by atoms with Gasteiger partial charge in [-0.1, -0.05) is 29.8 Å². The van der Waals surface area contributed by atoms with Crippen molar-refractivity contribution >= 4 is 51.2 Å². The Bertz CT molecular complexity index is 1980. The van der Waals surface area contributed by atoms with Gasteiger partial charge in [-0.3, -0.25) is 19.2 Å². The van der Waals surface area contributed by atoms with Crippen LogP contribution in [-0.2, 0) is 22.1 Å². The maximum absolute atomic E-state index is 14.0. The van der Waals surface area contributed by atoms with E-state index in [0.717, 1.165) is 56.0 Å². The highest BCUT2D eigenvalue weighted by Crippen LogP contribution is 2.38. The van der Waals surface area contributed by atoms with E-state index in [1.165, 1.54) is 11.0 Å². The Kier molecular flexibility index (Phi) is 9.87. The summed E-state index contributed by atoms with van der Waals surface area (Å²) < 4.78 is 49.0. The Morgan fingerprint density at radius 2 is 1.65 bits per heavy atom. The Morgan fingerprint density at radius 1 is 0.980 bits per heavy atom. The quantitative estimate of drug-likeness (QED) is 0.248. The van der Waals surface area contributed by atoms with E-state index >= 15 is 0 Å². The first-order valence-electron chi connectivity index (χ1n) is 17.3. The molecule has 0 unspecified atom stereocenters. The third kappa shape index (κ3) is 7.24. The van der Waals surface area contributed by atoms with Crippen LogP contribution in [0.5, 0.6) is 0 Å². The first-order valence-corrected chi connectivity index (χ1v) is 17.7. The molecule has 272 valence electrons. The number of rotatable bonds is 6. The van der Waals surface area contributed by atoms with Gasteiger partial charge >= 0.3 is 18.0 Å². The molecular formula is C35H40ClF3N8O4. The molecule has 0 aliphatic carbocycles. The van der Waals surface area contributed by atoms with Crippen LogP contribution in [0.15, 0.2) is 47.4 Å². The van der Waals surface area contributed by atoms with Crippen LogP contribution in [0.4, 0.5) is 23.7 Å². The second-order valence-corrected chi connectivity index (χ2v) is 13.9. The van der Waals surface area contributed by atoms with Gasteiger partial charge in [-0.2, -0.15) is 13.2 Å². The molecule has 2 aromatic carbocycles. The van der Waals surface area contributed by atoms with Crippen molar-refractivity contribution in [3.63, 3.8) is 0 Å². The molecule has 7 rings (SSSR count). The van der Waals surface area contributed by atoms with Gasteiger partial charge in [0.2, 0.25) is 0 Å². The highest BCUT2D eigenvalue weighted by atomic mass is 35.5. The lowest BCUT2D eigenvalue weighted by atomic mass is 9.99. The number of piperidine rings is 2. The average Bonchev–Trinajstić information content (AvgIpc) is 3.48. The van der Waals surface area contributed by atoms with Crippen LogP contribution in [0.25, 0.3) is 21.9 Å². The van der Waals surface area contributed by atoms with Gasteiger partial charge in [0, 0.05) is 76.2 Å². The predicted molar refractivity (Wildman–Crippen MR) is 187 cm³/mol. The van der Waals surface area contributed by atoms with Gasteiger partial charge in [0.25, 0.3) is 5.91 Å². The molecule has 5 heterocycles. The molecule has 2 aromatic heterocycles. The number of nitrogens with one attached hydrogen (secondary N) is 2. The van der Waals surface area contributed by atoms with E-state index in [9.17, 15) is 27.6 Å². The van der Waals surface area contributed by atoms with Gasteiger partial charge in [0.15, 0.2) is 6.10 Å². The highest BCUT2D eigenvalue weighted by Gasteiger charge is 2.38. The number of halogens is 4. The molecule has 2 amide bonds. The van der Waals surface area contributed by atoms with Crippen LogP contribution in [-0.4, -0.2) is 106 Å². The van der Waals surface area contributed by atoms with Crippen LogP contribution in [0.3, 0.4) is 0 Å². The maximum Gasteiger partial charge on any atom is 0.418 e. The minimum atomic E-state index is -4.77. The molecule has 12 nitrogen and oxygen atoms in total. The number of hydrogen-bond acceptors (Lipinski definition) is 8. The molecule has 3 fully saturated rings. The summed E-state index contributed by atoms with van der Waals surface area (Å²) in [5.41, 5.74) is 5.87. The van der Waals surface area contributed by atoms with Crippen molar-refractivity contribution in [2.24, 2.45) is 0 Å². The largest absolute Gasteiger partial charge is 0.436 e. The number of pyridine rings is 1. The number of hydrogen-bond donors (Lipinski definition) is 3. The molecule has 3 saturated heterocycles. The molecule has 0 spiro atoms. The first kappa shape index (κ1) is 35.1. The molecule has 16 heteroatoms. The summed E-state index contributed by atoms with van der Waals surface area (Å²) in [4.78, 5) is 53.7. The van der Waals surface area contributed by atoms with Gasteiger partial charge in [0.05, 0.1) is 39.0 Å². The van der Waals surface area contributed by atoms with Gasteiger partial charge in [-0.05, 0) is 49.4 Å². The molecule has 4 N–H and O–H groups in total. The van der Waals surface area contributed by atoms with Crippen molar-refractivity contribution in [2.45, 2.75) is 56.5 Å². The van der Waals surface area contributed by atoms with Crippen molar-refractivity contribution in [3.05, 3.63) is 69.2 Å². The maximum atomic E-state index is 14.0. The third-order valence-corrected chi connectivity index (χ3v) is 10.7. The second-order valence-electron chi connectivity index (χ2n) is 13.5. The summed E-state index contributed by atoms with van der Waals surface area (Å²) in [6, 6.07) is 9.77. The van der Waals surface area contributed by atoms with Gasteiger partial charge in [-0.15, -0.1) is 0 Å². The van der Waals surface area contributed by atoms with Crippen LogP contribution < -0.4 is 16.7 Å². The van der Waals surface area contributed by atoms with Gasteiger partial charge < -0.3 is 30.6 Å². The number of likely N-dealkylation sites (tertiary alicyclic amines) is 2. The summed E-state index contributed by atoms with van der Waals surface area (Å²) in [6.07, 6.45) is -3.19. The van der Waals surface area contributed by atoms with Crippen molar-refractivity contribution in [1.82, 2.24) is 34.6 Å². The summed E-state index contributed by atoms with van der Waals surface area (Å²) >= 11 is 6.11. The monoisotopic (exact) mass is 728 g/mol. The van der Waals surface area contributed by atoms with Gasteiger partial charge in [0.1, 0.15) is 0 Å². The summed E-state index contributed by atoms with van der Waals surface area (Å²) in [5, 5.41) is 3.88. The summed E-state index contributed by atoms with van der Waals surface area (Å²) in [6.45, 7) is 5.03. The molecule has 3 aliphatic rings. The number of ether oxygens (including phenoxy) is 1. The number of aromatic nitrogens is 3. The number of carbonyl (C=O) groups excluding carboxylic acids is 2. The molecule has 0 bridgehead atoms. The van der Waals surface area contributed by atoms with E-state index in [1.807, 2.05) is 24.3 Å². The minimum Gasteiger partial charge on any atom is -0.436 e. The Balaban J connectivity index is 1.07. The van der Waals surface area contributed by atoms with E-state index in [1.54, 1.807) is 15.7 Å². The number of H-pyrrole nitrogens is 1. The summed E-state index contributed by atoms with van der Waals surface area (Å²) in [5.74, 6) is -0.469. The number of imidazole rings is 1. The molecule has 0 radical (unpaired) electrons. The number of piperazine rings is 1. The number of fused-ring (bicyclic) bond motifs is 3. The lowest BCUT2D eigenvalue weighted by Crippen LogP contribution is -2.54. The SMILES string of the molecule is Nc1c(Cl)cc(C[C@@H](OC(=O)N2CCC(n3c(=O)[nH]c4c5ccccc5ncc43)CC2)C(=O)N2CCC(N3CCNCC3)CC2)cc1C(F)(F)F. The van der Waals surface area contributed by atoms with E-state index in [4.69, 9.17) is 22.1 Å². The number of nitrogens with two attached hydrogens (primary N) is 1. The number of anilines is 1. The lowest BCUT2D eigenvalue weighted by Gasteiger charge is -2.41. The molecule has 1 atom stereocenters. The van der Waals surface area contributed by atoms with Crippen molar-refractivity contribution in [1.29, 1.82) is 0 Å². The number of para-hydroxylation sites is 1. The van der Waals surface area contributed by atoms with Crippen molar-refractivity contribution < 1.29 is 27.5 Å². The zero-order chi connectivity index (χ0) is 35.9. The number of nitrogen functional groups attached to an aromatic ring is 1. The second kappa shape index (κ2) is 14.4. The number of aromatic amines is 1. The normalized spacial score (nSPS) is 19.1. The topological polar surface area (TPSA) is 142 Å². The third-order valence-electron chi connectivity index (χ3n) is 10.4. The zero-order valence-corrected chi connectivity index (χ0v) is 28.7. The van der Waals surface area contributed by atoms with E-state index in [-0.39, 0.29) is 41.8 Å². The Labute approximate surface area is 296 Å². The molecule has 4 aromatic rings. The van der Waals surface area contributed by atoms with Crippen LogP contribution in [0, 0.1) is 0 Å². The summed E-state index contributed by atoms with van der Waals surface area (Å²) in [7, 11) is 0. The van der Waals surface area contributed by atoms with Crippen LogP contribution in [0.1, 0.15) is 42.9 Å². The van der Waals surface area contributed by atoms with Crippen LogP contribution >= 0.6 is 11.6 Å². The van der Waals surface area contributed by atoms with E-state index in [0.29, 0.717) is 43.0 Å². The lowest BCUT2D eigenvalue weighted by molar-refractivity contribution is -0.142. The van der Waals surface area contributed by atoms with Crippen molar-refractivity contribution in [2.75, 3.05) is 58.1 Å². The van der Waals surface area contributed by atoms with Crippen molar-refractivity contribution in [3.8, 4) is 0 Å². The molecular weight excluding hydrogens is 689 g/mol. The fourth-order valence-corrected chi connectivity index (χ4v) is 7.95. The number of carbonyl (C=O) groups is 2. The average molecular weight is 729 g/mol. The van der Waals surface area contributed by atoms with E-state index in [2.05, 4.69) is 20.2 Å². The number of benzene rings is 2. The Morgan fingerprint density at radius 3 is 2.35 bits per heavy atom. The predicted octanol–water partition coefficient (Wildman–Crippen LogP) is 4.41. The molecule has 0 saturated carbocycles. The molecule has 3 aliphatic heterocycles. The number of alkyl halides is 3. The fraction of sp³-hybridized carbons (Fsp3) is 0.486. The fourth-order valence-electron chi connectivity index (χ4n) is 7.71. The zero-order valence-electron chi connectivity index (χ0n) is 27.9.